The van der Waals surface area contributed by atoms with Gasteiger partial charge in [0.1, 0.15) is 0 Å². The summed E-state index contributed by atoms with van der Waals surface area (Å²) >= 11 is 1.64. The normalized spacial score (nSPS) is 13.5. The lowest BCUT2D eigenvalue weighted by Crippen LogP contribution is -2.40. The van der Waals surface area contributed by atoms with Crippen molar-refractivity contribution in [2.24, 2.45) is 4.99 Å². The van der Waals surface area contributed by atoms with Crippen molar-refractivity contribution in [3.05, 3.63) is 22.4 Å². The van der Waals surface area contributed by atoms with Gasteiger partial charge in [0.15, 0.2) is 5.96 Å². The van der Waals surface area contributed by atoms with E-state index in [0.717, 1.165) is 13.1 Å². The molecule has 0 fully saturated rings. The fourth-order valence-electron chi connectivity index (χ4n) is 2.40. The Labute approximate surface area is 169 Å². The van der Waals surface area contributed by atoms with E-state index in [4.69, 9.17) is 0 Å². The Morgan fingerprint density at radius 3 is 2.40 bits per heavy atom. The number of likely N-dealkylation sites (N-methyl/N-ethyl adjacent to an activating group) is 1. The summed E-state index contributed by atoms with van der Waals surface area (Å²) in [4.78, 5) is 6.79. The molecular weight excluding hydrogens is 464 g/mol. The summed E-state index contributed by atoms with van der Waals surface area (Å²) in [5.74, 6) is 0.425. The van der Waals surface area contributed by atoms with Crippen LogP contribution in [0.4, 0.5) is 13.2 Å². The number of hydrogen-bond donors (Lipinski definition) is 2. The summed E-state index contributed by atoms with van der Waals surface area (Å²) in [6.07, 6.45) is -5.04. The van der Waals surface area contributed by atoms with Crippen LogP contribution in [0.25, 0.3) is 0 Å². The smallest absolute Gasteiger partial charge is 0.357 e. The average molecular weight is 492 g/mol. The molecule has 1 aromatic heterocycles. The number of nitrogens with one attached hydrogen (secondary N) is 2. The predicted molar refractivity (Wildman–Crippen MR) is 110 cm³/mol. The third-order valence-electron chi connectivity index (χ3n) is 3.65. The highest BCUT2D eigenvalue weighted by Crippen LogP contribution is 2.23. The van der Waals surface area contributed by atoms with Crippen molar-refractivity contribution in [2.75, 3.05) is 32.7 Å². The van der Waals surface area contributed by atoms with Crippen LogP contribution in [-0.4, -0.2) is 49.8 Å². The van der Waals surface area contributed by atoms with Crippen molar-refractivity contribution in [1.29, 1.82) is 0 Å². The van der Waals surface area contributed by atoms with Crippen molar-refractivity contribution >= 4 is 41.3 Å². The Morgan fingerprint density at radius 1 is 1.24 bits per heavy atom. The number of hydrogen-bond acceptors (Lipinski definition) is 3. The molecule has 1 rings (SSSR count). The number of nitrogens with zero attached hydrogens (tertiary/aromatic N) is 2. The van der Waals surface area contributed by atoms with Crippen LogP contribution in [-0.2, 0) is 0 Å². The van der Waals surface area contributed by atoms with Crippen LogP contribution in [0.3, 0.4) is 0 Å². The molecule has 0 aliphatic heterocycles. The Balaban J connectivity index is 0.00000576. The van der Waals surface area contributed by atoms with Gasteiger partial charge in [0.05, 0.1) is 19.0 Å². The zero-order chi connectivity index (χ0) is 18.0. The van der Waals surface area contributed by atoms with E-state index in [1.54, 1.807) is 11.3 Å². The number of rotatable bonds is 9. The molecule has 1 atom stereocenters. The van der Waals surface area contributed by atoms with Crippen LogP contribution in [0, 0.1) is 0 Å². The quantitative estimate of drug-likeness (QED) is 0.308. The lowest BCUT2D eigenvalue weighted by molar-refractivity contribution is -0.132. The van der Waals surface area contributed by atoms with Crippen LogP contribution in [0.5, 0.6) is 0 Å². The Kier molecular flexibility index (Phi) is 12.5. The second-order valence-electron chi connectivity index (χ2n) is 5.31. The van der Waals surface area contributed by atoms with Gasteiger partial charge in [-0.15, -0.1) is 24.0 Å². The van der Waals surface area contributed by atoms with Crippen LogP contribution in [0.2, 0.25) is 0 Å². The highest BCUT2D eigenvalue weighted by Gasteiger charge is 2.26. The Bertz CT molecular complexity index is 476. The molecule has 0 saturated heterocycles. The van der Waals surface area contributed by atoms with Gasteiger partial charge >= 0.3 is 6.18 Å². The minimum atomic E-state index is -4.16. The van der Waals surface area contributed by atoms with Crippen LogP contribution in [0.1, 0.15) is 38.8 Å². The molecule has 0 spiro atoms. The first-order valence-electron chi connectivity index (χ1n) is 8.26. The monoisotopic (exact) mass is 492 g/mol. The maximum absolute atomic E-state index is 12.3. The van der Waals surface area contributed by atoms with E-state index in [1.165, 1.54) is 5.56 Å². The molecule has 0 aliphatic carbocycles. The highest BCUT2D eigenvalue weighted by molar-refractivity contribution is 14.0. The predicted octanol–water partition coefficient (Wildman–Crippen LogP) is 4.26. The molecule has 25 heavy (non-hydrogen) atoms. The fourth-order valence-corrected chi connectivity index (χ4v) is 3.11. The summed E-state index contributed by atoms with van der Waals surface area (Å²) in [7, 11) is 0. The van der Waals surface area contributed by atoms with Gasteiger partial charge in [-0.1, -0.05) is 13.8 Å². The zero-order valence-electron chi connectivity index (χ0n) is 14.9. The van der Waals surface area contributed by atoms with Gasteiger partial charge in [-0.05, 0) is 42.4 Å². The molecule has 0 aliphatic rings. The third-order valence-corrected chi connectivity index (χ3v) is 4.35. The number of guanidine groups is 1. The molecule has 0 bridgehead atoms. The molecule has 0 aromatic carbocycles. The van der Waals surface area contributed by atoms with Crippen molar-refractivity contribution < 1.29 is 13.2 Å². The molecule has 4 nitrogen and oxygen atoms in total. The van der Waals surface area contributed by atoms with E-state index < -0.39 is 12.6 Å². The van der Waals surface area contributed by atoms with Crippen molar-refractivity contribution in [3.63, 3.8) is 0 Å². The lowest BCUT2D eigenvalue weighted by Gasteiger charge is -2.28. The summed E-state index contributed by atoms with van der Waals surface area (Å²) in [6.45, 7) is 8.80. The molecule has 0 saturated carbocycles. The SMILES string of the molecule is CCNC(=NCC(c1ccsc1)N(CC)CC)NCCC(F)(F)F.I. The maximum atomic E-state index is 12.3. The third kappa shape index (κ3) is 9.64. The summed E-state index contributed by atoms with van der Waals surface area (Å²) in [5.41, 5.74) is 1.19. The van der Waals surface area contributed by atoms with E-state index in [1.807, 2.05) is 12.3 Å². The average Bonchev–Trinajstić information content (AvgIpc) is 3.04. The van der Waals surface area contributed by atoms with Crippen molar-refractivity contribution in [2.45, 2.75) is 39.4 Å². The molecule has 1 heterocycles. The van der Waals surface area contributed by atoms with Gasteiger partial charge in [-0.2, -0.15) is 24.5 Å². The van der Waals surface area contributed by atoms with Gasteiger partial charge in [-0.3, -0.25) is 9.89 Å². The van der Waals surface area contributed by atoms with E-state index in [-0.39, 0.29) is 36.6 Å². The molecule has 1 unspecified atom stereocenters. The zero-order valence-corrected chi connectivity index (χ0v) is 18.0. The standard InChI is InChI=1S/C16H27F3N4S.HI/c1-4-20-15(21-9-8-16(17,18)19)22-11-14(23(5-2)6-3)13-7-10-24-12-13;/h7,10,12,14H,4-6,8-9,11H2,1-3H3,(H2,20,21,22);1H. The van der Waals surface area contributed by atoms with Crippen molar-refractivity contribution in [1.82, 2.24) is 15.5 Å². The summed E-state index contributed by atoms with van der Waals surface area (Å²) in [6, 6.07) is 2.21. The maximum Gasteiger partial charge on any atom is 0.390 e. The van der Waals surface area contributed by atoms with Crippen LogP contribution < -0.4 is 10.6 Å². The highest BCUT2D eigenvalue weighted by atomic mass is 127. The van der Waals surface area contributed by atoms with E-state index >= 15 is 0 Å². The summed E-state index contributed by atoms with van der Waals surface area (Å²) < 4.78 is 36.9. The lowest BCUT2D eigenvalue weighted by atomic mass is 10.1. The molecule has 0 amide bonds. The van der Waals surface area contributed by atoms with Gasteiger partial charge < -0.3 is 10.6 Å². The van der Waals surface area contributed by atoms with E-state index in [2.05, 4.69) is 45.8 Å². The van der Waals surface area contributed by atoms with Crippen LogP contribution >= 0.6 is 35.3 Å². The first-order valence-corrected chi connectivity index (χ1v) is 9.20. The molecule has 1 aromatic rings. The number of halogens is 4. The minimum absolute atomic E-state index is 0. The fraction of sp³-hybridized carbons (Fsp3) is 0.688. The Hall–Kier alpha value is -0.550. The number of alkyl halides is 3. The van der Waals surface area contributed by atoms with Crippen molar-refractivity contribution in [3.8, 4) is 0 Å². The molecule has 2 N–H and O–H groups in total. The van der Waals surface area contributed by atoms with Gasteiger partial charge in [0, 0.05) is 13.1 Å². The largest absolute Gasteiger partial charge is 0.390 e. The summed E-state index contributed by atoms with van der Waals surface area (Å²) in [5, 5.41) is 9.89. The van der Waals surface area contributed by atoms with Gasteiger partial charge in [-0.25, -0.2) is 0 Å². The second kappa shape index (κ2) is 12.7. The van der Waals surface area contributed by atoms with Gasteiger partial charge in [0.25, 0.3) is 0 Å². The van der Waals surface area contributed by atoms with E-state index in [0.29, 0.717) is 19.0 Å². The topological polar surface area (TPSA) is 39.7 Å². The molecule has 9 heteroatoms. The molecular formula is C16H28F3IN4S. The van der Waals surface area contributed by atoms with Gasteiger partial charge in [0.2, 0.25) is 0 Å². The number of aliphatic imine (C=N–C) groups is 1. The first-order chi connectivity index (χ1) is 11.4. The molecule has 0 radical (unpaired) electrons. The van der Waals surface area contributed by atoms with E-state index in [9.17, 15) is 13.2 Å². The second-order valence-corrected chi connectivity index (χ2v) is 6.09. The first kappa shape index (κ1) is 24.5. The molecule has 146 valence electrons. The number of thiophene rings is 1. The Morgan fingerprint density at radius 2 is 1.92 bits per heavy atom. The van der Waals surface area contributed by atoms with Crippen LogP contribution in [0.15, 0.2) is 21.8 Å². The minimum Gasteiger partial charge on any atom is -0.357 e.